The van der Waals surface area contributed by atoms with Crippen LogP contribution in [0.25, 0.3) is 10.8 Å². The molecule has 2 aliphatic rings. The van der Waals surface area contributed by atoms with Crippen LogP contribution in [0.15, 0.2) is 36.4 Å². The number of nitrogen functional groups attached to an aromatic ring is 1. The van der Waals surface area contributed by atoms with Gasteiger partial charge in [-0.3, -0.25) is 4.90 Å². The molecule has 1 saturated heterocycles. The van der Waals surface area contributed by atoms with Crippen LogP contribution in [0.1, 0.15) is 23.2 Å². The lowest BCUT2D eigenvalue weighted by Gasteiger charge is -2.31. The lowest BCUT2D eigenvalue weighted by molar-refractivity contribution is 0.187. The number of nitrogens with zero attached hydrogens (tertiary/aromatic N) is 4. The molecule has 2 N–H and O–H groups in total. The van der Waals surface area contributed by atoms with Crippen molar-refractivity contribution in [2.24, 2.45) is 0 Å². The van der Waals surface area contributed by atoms with Crippen LogP contribution in [0.5, 0.6) is 6.01 Å². The van der Waals surface area contributed by atoms with Gasteiger partial charge >= 0.3 is 6.01 Å². The Morgan fingerprint density at radius 1 is 1.19 bits per heavy atom. The van der Waals surface area contributed by atoms with Crippen molar-refractivity contribution in [1.29, 1.82) is 0 Å². The third-order valence-electron chi connectivity index (χ3n) is 6.55. The molecular formula is C24H28FN5O. The smallest absolute Gasteiger partial charge is 0.318 e. The molecule has 0 bridgehead atoms. The minimum atomic E-state index is -0.800. The molecule has 6 nitrogen and oxygen atoms in total. The maximum atomic E-state index is 13.6. The Morgan fingerprint density at radius 3 is 2.77 bits per heavy atom. The van der Waals surface area contributed by atoms with Crippen molar-refractivity contribution in [2.45, 2.75) is 38.5 Å². The lowest BCUT2D eigenvalue weighted by atomic mass is 10.00. The summed E-state index contributed by atoms with van der Waals surface area (Å²) in [5.41, 5.74) is 10.6. The van der Waals surface area contributed by atoms with Crippen molar-refractivity contribution in [3.05, 3.63) is 53.2 Å². The highest BCUT2D eigenvalue weighted by molar-refractivity contribution is 5.97. The van der Waals surface area contributed by atoms with Crippen LogP contribution in [0.3, 0.4) is 0 Å². The van der Waals surface area contributed by atoms with Crippen LogP contribution in [-0.2, 0) is 13.0 Å². The highest BCUT2D eigenvalue weighted by atomic mass is 19.1. The van der Waals surface area contributed by atoms with Gasteiger partial charge in [-0.1, -0.05) is 30.3 Å². The average molecular weight is 422 g/mol. The Hall–Kier alpha value is -2.93. The summed E-state index contributed by atoms with van der Waals surface area (Å²) in [5, 5.41) is 2.51. The zero-order chi connectivity index (χ0) is 21.5. The number of aromatic nitrogens is 2. The second-order valence-corrected chi connectivity index (χ2v) is 8.68. The topological polar surface area (TPSA) is 67.5 Å². The van der Waals surface area contributed by atoms with Gasteiger partial charge in [-0.15, -0.1) is 0 Å². The Morgan fingerprint density at radius 2 is 2.00 bits per heavy atom. The van der Waals surface area contributed by atoms with Crippen LogP contribution in [0.4, 0.5) is 15.9 Å². The molecule has 1 aromatic heterocycles. The summed E-state index contributed by atoms with van der Waals surface area (Å²) in [6.07, 6.45) is 0.467. The van der Waals surface area contributed by atoms with Crippen LogP contribution in [0, 0.1) is 6.92 Å². The standard InChI is InChI=1S/C24H28FN5O/c1-15-5-3-6-16-7-4-8-21(22(15)16)30-10-9-19-20(13-30)27-24(28-23(19)26)31-14-18-11-17(25)12-29(18)2/h3-8,17-18H,9-14H2,1-2H3,(H2,26,27,28)/t17-,18+/m1/s1. The zero-order valence-corrected chi connectivity index (χ0v) is 18.0. The molecule has 0 spiro atoms. The van der Waals surface area contributed by atoms with Crippen LogP contribution < -0.4 is 15.4 Å². The van der Waals surface area contributed by atoms with Crippen LogP contribution in [-0.4, -0.2) is 53.8 Å². The minimum Gasteiger partial charge on any atom is -0.462 e. The van der Waals surface area contributed by atoms with Crippen molar-refractivity contribution in [3.8, 4) is 6.01 Å². The second-order valence-electron chi connectivity index (χ2n) is 8.68. The van der Waals surface area contributed by atoms with Gasteiger partial charge in [0.15, 0.2) is 0 Å². The van der Waals surface area contributed by atoms with Crippen molar-refractivity contribution in [1.82, 2.24) is 14.9 Å². The molecule has 1 fully saturated rings. The highest BCUT2D eigenvalue weighted by Crippen LogP contribution is 2.34. The van der Waals surface area contributed by atoms with E-state index >= 15 is 0 Å². The lowest BCUT2D eigenvalue weighted by Crippen LogP contribution is -2.33. The molecule has 0 aliphatic carbocycles. The molecule has 3 heterocycles. The molecule has 2 aromatic carbocycles. The number of likely N-dealkylation sites (tertiary alicyclic amines) is 1. The maximum absolute atomic E-state index is 13.6. The molecule has 162 valence electrons. The van der Waals surface area contributed by atoms with E-state index in [1.165, 1.54) is 22.0 Å². The van der Waals surface area contributed by atoms with E-state index in [2.05, 4.69) is 53.2 Å². The number of likely N-dealkylation sites (N-methyl/N-ethyl adjacent to an activating group) is 1. The van der Waals surface area contributed by atoms with Gasteiger partial charge in [0.25, 0.3) is 0 Å². The number of ether oxygens (including phenoxy) is 1. The van der Waals surface area contributed by atoms with Gasteiger partial charge in [0.05, 0.1) is 12.2 Å². The zero-order valence-electron chi connectivity index (χ0n) is 18.0. The van der Waals surface area contributed by atoms with Crippen LogP contribution >= 0.6 is 0 Å². The van der Waals surface area contributed by atoms with E-state index in [1.54, 1.807) is 0 Å². The first-order chi connectivity index (χ1) is 15.0. The molecule has 5 rings (SSSR count). The third kappa shape index (κ3) is 3.78. The number of halogens is 1. The van der Waals surface area contributed by atoms with E-state index in [-0.39, 0.29) is 12.1 Å². The van der Waals surface area contributed by atoms with Gasteiger partial charge in [0, 0.05) is 35.8 Å². The molecule has 0 unspecified atom stereocenters. The predicted molar refractivity (Wildman–Crippen MR) is 121 cm³/mol. The molecule has 0 saturated carbocycles. The molecule has 0 radical (unpaired) electrons. The van der Waals surface area contributed by atoms with E-state index in [9.17, 15) is 4.39 Å². The number of nitrogens with two attached hydrogens (primary N) is 1. The van der Waals surface area contributed by atoms with Crippen molar-refractivity contribution in [2.75, 3.05) is 37.4 Å². The fourth-order valence-corrected chi connectivity index (χ4v) is 4.85. The summed E-state index contributed by atoms with van der Waals surface area (Å²) in [6.45, 7) is 4.47. The number of alkyl halides is 1. The van der Waals surface area contributed by atoms with Gasteiger partial charge in [-0.2, -0.15) is 9.97 Å². The molecule has 0 amide bonds. The number of aryl methyl sites for hydroxylation is 1. The summed E-state index contributed by atoms with van der Waals surface area (Å²) in [4.78, 5) is 13.4. The number of anilines is 2. The normalized spacial score (nSPS) is 21.5. The highest BCUT2D eigenvalue weighted by Gasteiger charge is 2.30. The summed E-state index contributed by atoms with van der Waals surface area (Å²) >= 11 is 0. The third-order valence-corrected chi connectivity index (χ3v) is 6.55. The SMILES string of the molecule is Cc1cccc2cccc(N3CCc4c(N)nc(OC[C@@H]5C[C@@H](F)CN5C)nc4C3)c12. The van der Waals surface area contributed by atoms with Crippen molar-refractivity contribution in [3.63, 3.8) is 0 Å². The molecular weight excluding hydrogens is 393 g/mol. The average Bonchev–Trinajstić information content (AvgIpc) is 3.08. The molecule has 2 atom stereocenters. The summed E-state index contributed by atoms with van der Waals surface area (Å²) in [5.74, 6) is 0.483. The second kappa shape index (κ2) is 7.96. The quantitative estimate of drug-likeness (QED) is 0.696. The van der Waals surface area contributed by atoms with E-state index < -0.39 is 6.17 Å². The Balaban J connectivity index is 1.40. The minimum absolute atomic E-state index is 0.0333. The molecule has 31 heavy (non-hydrogen) atoms. The first-order valence-electron chi connectivity index (χ1n) is 10.8. The maximum Gasteiger partial charge on any atom is 0.318 e. The summed E-state index contributed by atoms with van der Waals surface area (Å²) in [7, 11) is 1.92. The van der Waals surface area contributed by atoms with E-state index in [0.29, 0.717) is 31.9 Å². The van der Waals surface area contributed by atoms with E-state index in [1.807, 2.05) is 11.9 Å². The van der Waals surface area contributed by atoms with Gasteiger partial charge in [-0.25, -0.2) is 4.39 Å². The molecule has 7 heteroatoms. The van der Waals surface area contributed by atoms with E-state index in [0.717, 1.165) is 24.2 Å². The van der Waals surface area contributed by atoms with Crippen molar-refractivity contribution >= 4 is 22.3 Å². The van der Waals surface area contributed by atoms with Gasteiger partial charge in [0.1, 0.15) is 18.6 Å². The number of fused-ring (bicyclic) bond motifs is 2. The Kier molecular flexibility index (Phi) is 5.14. The van der Waals surface area contributed by atoms with Crippen LogP contribution in [0.2, 0.25) is 0 Å². The van der Waals surface area contributed by atoms with Gasteiger partial charge < -0.3 is 15.4 Å². The number of hydrogen-bond donors (Lipinski definition) is 1. The number of rotatable bonds is 4. The van der Waals surface area contributed by atoms with E-state index in [4.69, 9.17) is 15.5 Å². The Bertz CT molecular complexity index is 1120. The van der Waals surface area contributed by atoms with Crippen molar-refractivity contribution < 1.29 is 9.13 Å². The first-order valence-corrected chi connectivity index (χ1v) is 10.8. The number of benzene rings is 2. The predicted octanol–water partition coefficient (Wildman–Crippen LogP) is 3.50. The Labute approximate surface area is 181 Å². The van der Waals surface area contributed by atoms with Gasteiger partial charge in [0.2, 0.25) is 0 Å². The molecule has 2 aliphatic heterocycles. The summed E-state index contributed by atoms with van der Waals surface area (Å²) in [6, 6.07) is 13.1. The fraction of sp³-hybridized carbons (Fsp3) is 0.417. The monoisotopic (exact) mass is 421 g/mol. The largest absolute Gasteiger partial charge is 0.462 e. The fourth-order valence-electron chi connectivity index (χ4n) is 4.85. The van der Waals surface area contributed by atoms with Gasteiger partial charge in [-0.05, 0) is 43.8 Å². The molecule has 3 aromatic rings. The first kappa shape index (κ1) is 20.0. The summed E-state index contributed by atoms with van der Waals surface area (Å²) < 4.78 is 19.5. The number of hydrogen-bond acceptors (Lipinski definition) is 6.